The number of carbonyl (C=O) groups excluding carboxylic acids is 2. The zero-order chi connectivity index (χ0) is 21.7. The van der Waals surface area contributed by atoms with Gasteiger partial charge in [-0.2, -0.15) is 0 Å². The van der Waals surface area contributed by atoms with Crippen molar-refractivity contribution in [1.29, 1.82) is 0 Å². The number of phenols is 2. The predicted molar refractivity (Wildman–Crippen MR) is 121 cm³/mol. The molecule has 0 heterocycles. The molecule has 0 saturated carbocycles. The number of hydrogen-bond acceptors (Lipinski definition) is 4. The van der Waals surface area contributed by atoms with Crippen molar-refractivity contribution in [2.45, 2.75) is 13.8 Å². The molecule has 0 spiro atoms. The van der Waals surface area contributed by atoms with Crippen molar-refractivity contribution >= 4 is 36.9 Å². The normalized spacial score (nSPS) is 11.3. The minimum atomic E-state index is 0.126. The second kappa shape index (κ2) is 9.05. The summed E-state index contributed by atoms with van der Waals surface area (Å²) < 4.78 is 0. The molecule has 0 aliphatic carbocycles. The number of aldehydes is 2. The van der Waals surface area contributed by atoms with E-state index in [9.17, 15) is 19.8 Å². The van der Waals surface area contributed by atoms with E-state index in [2.05, 4.69) is 0 Å². The summed E-state index contributed by atoms with van der Waals surface area (Å²) in [5, 5.41) is 20.0. The Kier molecular flexibility index (Phi) is 6.28. The quantitative estimate of drug-likeness (QED) is 0.414. The first-order chi connectivity index (χ1) is 14.4. The minimum absolute atomic E-state index is 0.126. The van der Waals surface area contributed by atoms with Gasteiger partial charge in [0.05, 0.1) is 0 Å². The van der Waals surface area contributed by atoms with Gasteiger partial charge < -0.3 is 10.2 Å². The Morgan fingerprint density at radius 3 is 1.70 bits per heavy atom. The fraction of sp³-hybridized carbons (Fsp3) is 0.0769. The highest BCUT2D eigenvalue weighted by Gasteiger charge is 2.05. The number of carbonyl (C=O) groups is 2. The molecule has 30 heavy (non-hydrogen) atoms. The van der Waals surface area contributed by atoms with Gasteiger partial charge in [-0.3, -0.25) is 9.59 Å². The molecule has 0 aliphatic rings. The van der Waals surface area contributed by atoms with Crippen LogP contribution in [-0.4, -0.2) is 22.8 Å². The first-order valence-corrected chi connectivity index (χ1v) is 9.45. The molecule has 4 nitrogen and oxygen atoms in total. The van der Waals surface area contributed by atoms with Gasteiger partial charge in [-0.15, -0.1) is 0 Å². The molecule has 3 rings (SSSR count). The zero-order valence-electron chi connectivity index (χ0n) is 16.8. The average molecular weight is 398 g/mol. The number of aromatic hydroxyl groups is 2. The summed E-state index contributed by atoms with van der Waals surface area (Å²) in [6, 6.07) is 14.2. The molecule has 2 N–H and O–H groups in total. The summed E-state index contributed by atoms with van der Waals surface area (Å²) >= 11 is 0. The van der Waals surface area contributed by atoms with E-state index >= 15 is 0 Å². The van der Waals surface area contributed by atoms with Crippen molar-refractivity contribution in [1.82, 2.24) is 0 Å². The topological polar surface area (TPSA) is 74.6 Å². The molecule has 0 saturated heterocycles. The van der Waals surface area contributed by atoms with Crippen molar-refractivity contribution in [3.63, 3.8) is 0 Å². The van der Waals surface area contributed by atoms with Crippen molar-refractivity contribution in [3.05, 3.63) is 93.0 Å². The van der Waals surface area contributed by atoms with Crippen molar-refractivity contribution < 1.29 is 19.8 Å². The van der Waals surface area contributed by atoms with Crippen LogP contribution in [0.15, 0.2) is 48.5 Å². The molecule has 0 aromatic heterocycles. The van der Waals surface area contributed by atoms with Gasteiger partial charge in [0.25, 0.3) is 0 Å². The van der Waals surface area contributed by atoms with Gasteiger partial charge in [0.15, 0.2) is 6.29 Å². The molecule has 0 atom stereocenters. The molecular formula is C26H22O4. The summed E-state index contributed by atoms with van der Waals surface area (Å²) in [7, 11) is 0. The number of hydrogen-bond donors (Lipinski definition) is 2. The molecule has 3 aromatic rings. The van der Waals surface area contributed by atoms with E-state index < -0.39 is 0 Å². The van der Waals surface area contributed by atoms with Gasteiger partial charge in [0, 0.05) is 16.7 Å². The highest BCUT2D eigenvalue weighted by atomic mass is 16.3. The third kappa shape index (κ3) is 4.73. The molecule has 0 unspecified atom stereocenters. The van der Waals surface area contributed by atoms with Crippen molar-refractivity contribution in [2.24, 2.45) is 0 Å². The Morgan fingerprint density at radius 2 is 1.13 bits per heavy atom. The van der Waals surface area contributed by atoms with E-state index in [1.165, 1.54) is 0 Å². The Morgan fingerprint density at radius 1 is 0.567 bits per heavy atom. The third-order valence-electron chi connectivity index (χ3n) is 4.92. The summed E-state index contributed by atoms with van der Waals surface area (Å²) in [4.78, 5) is 22.4. The fourth-order valence-corrected chi connectivity index (χ4v) is 3.06. The molecule has 0 fully saturated rings. The second-order valence-electron chi connectivity index (χ2n) is 7.10. The first-order valence-electron chi connectivity index (χ1n) is 9.45. The Balaban J connectivity index is 1.78. The van der Waals surface area contributed by atoms with Crippen molar-refractivity contribution in [3.8, 4) is 11.5 Å². The average Bonchev–Trinajstić information content (AvgIpc) is 2.74. The summed E-state index contributed by atoms with van der Waals surface area (Å²) in [5.74, 6) is 0.277. The van der Waals surface area contributed by atoms with Gasteiger partial charge in [-0.1, -0.05) is 48.6 Å². The van der Waals surface area contributed by atoms with Crippen LogP contribution in [0.4, 0.5) is 0 Å². The van der Waals surface area contributed by atoms with Crippen LogP contribution >= 0.6 is 0 Å². The van der Waals surface area contributed by atoms with Gasteiger partial charge in [0.2, 0.25) is 0 Å². The SMILES string of the molecule is Cc1cc(C=O)c(/C=C/c2ccc(/C=C/c3cc(C=O)c(C)cc3O)cc2)cc1O. The lowest BCUT2D eigenvalue weighted by Gasteiger charge is -2.05. The van der Waals surface area contributed by atoms with Crippen LogP contribution in [-0.2, 0) is 0 Å². The summed E-state index contributed by atoms with van der Waals surface area (Å²) in [5.41, 5.74) is 5.55. The Bertz CT molecular complexity index is 1150. The Labute approximate surface area is 175 Å². The lowest BCUT2D eigenvalue weighted by Crippen LogP contribution is -1.88. The highest BCUT2D eigenvalue weighted by Crippen LogP contribution is 2.25. The van der Waals surface area contributed by atoms with Crippen LogP contribution in [0.1, 0.15) is 54.1 Å². The van der Waals surface area contributed by atoms with Crippen LogP contribution in [0.5, 0.6) is 11.5 Å². The largest absolute Gasteiger partial charge is 0.508 e. The van der Waals surface area contributed by atoms with Gasteiger partial charge >= 0.3 is 0 Å². The monoisotopic (exact) mass is 398 g/mol. The molecule has 0 amide bonds. The summed E-state index contributed by atoms with van der Waals surface area (Å²) in [6.07, 6.45) is 8.83. The van der Waals surface area contributed by atoms with Crippen LogP contribution in [0.25, 0.3) is 24.3 Å². The number of aryl methyl sites for hydroxylation is 2. The highest BCUT2D eigenvalue weighted by molar-refractivity contribution is 5.86. The lowest BCUT2D eigenvalue weighted by atomic mass is 10.0. The maximum absolute atomic E-state index is 11.3. The molecule has 0 aliphatic heterocycles. The van der Waals surface area contributed by atoms with E-state index in [4.69, 9.17) is 0 Å². The number of benzene rings is 3. The van der Waals surface area contributed by atoms with E-state index in [-0.39, 0.29) is 11.5 Å². The molecule has 3 aromatic carbocycles. The maximum Gasteiger partial charge on any atom is 0.150 e. The zero-order valence-corrected chi connectivity index (χ0v) is 16.8. The molecular weight excluding hydrogens is 376 g/mol. The van der Waals surface area contributed by atoms with E-state index in [1.54, 1.807) is 50.3 Å². The maximum atomic E-state index is 11.3. The minimum Gasteiger partial charge on any atom is -0.508 e. The third-order valence-corrected chi connectivity index (χ3v) is 4.92. The van der Waals surface area contributed by atoms with Crippen LogP contribution in [0.3, 0.4) is 0 Å². The number of rotatable bonds is 6. The van der Waals surface area contributed by atoms with Crippen LogP contribution < -0.4 is 0 Å². The van der Waals surface area contributed by atoms with E-state index in [1.807, 2.05) is 36.4 Å². The first kappa shape index (κ1) is 20.8. The van der Waals surface area contributed by atoms with Gasteiger partial charge in [-0.25, -0.2) is 0 Å². The van der Waals surface area contributed by atoms with E-state index in [0.717, 1.165) is 29.3 Å². The standard InChI is InChI=1S/C26H22O4/c1-17-12-26(30)22(13-23(17)15-27)10-8-20-5-3-19(4-6-20)7-9-21-14-25(29)18(2)11-24(21)16-28/h3-16,29-30H,1-2H3/b9-7+,10-8+. The fourth-order valence-electron chi connectivity index (χ4n) is 3.06. The van der Waals surface area contributed by atoms with Gasteiger partial charge in [-0.05, 0) is 65.9 Å². The van der Waals surface area contributed by atoms with E-state index in [0.29, 0.717) is 27.8 Å². The van der Waals surface area contributed by atoms with Crippen molar-refractivity contribution in [2.75, 3.05) is 0 Å². The predicted octanol–water partition coefficient (Wildman–Crippen LogP) is 5.68. The summed E-state index contributed by atoms with van der Waals surface area (Å²) in [6.45, 7) is 3.53. The number of phenolic OH excluding ortho intramolecular Hbond substituents is 2. The van der Waals surface area contributed by atoms with Crippen LogP contribution in [0, 0.1) is 13.8 Å². The molecule has 0 radical (unpaired) electrons. The Hall–Kier alpha value is -3.92. The lowest BCUT2D eigenvalue weighted by molar-refractivity contribution is 0.111. The van der Waals surface area contributed by atoms with Crippen LogP contribution in [0.2, 0.25) is 0 Å². The molecule has 4 heteroatoms. The smallest absolute Gasteiger partial charge is 0.150 e. The molecule has 0 bridgehead atoms. The molecule has 150 valence electrons. The van der Waals surface area contributed by atoms with Gasteiger partial charge in [0.1, 0.15) is 17.8 Å². The second-order valence-corrected chi connectivity index (χ2v) is 7.10.